The monoisotopic (exact) mass is 292 g/mol. The summed E-state index contributed by atoms with van der Waals surface area (Å²) in [5.74, 6) is 5.43. The molecule has 0 bridgehead atoms. The van der Waals surface area contributed by atoms with Gasteiger partial charge in [0.05, 0.1) is 6.61 Å². The van der Waals surface area contributed by atoms with Gasteiger partial charge in [0.1, 0.15) is 11.7 Å². The normalized spacial score (nSPS) is 20.3. The number of aromatic amines is 1. The number of nitrogens with one attached hydrogen (secondary N) is 1. The van der Waals surface area contributed by atoms with E-state index >= 15 is 0 Å². The quantitative estimate of drug-likeness (QED) is 0.379. The number of rotatable bonds is 4. The molecule has 1 aliphatic heterocycles. The zero-order valence-electron chi connectivity index (χ0n) is 11.3. The van der Waals surface area contributed by atoms with Crippen molar-refractivity contribution in [3.05, 3.63) is 44.8 Å². The molecular formula is C14H16N2O5. The van der Waals surface area contributed by atoms with Crippen molar-refractivity contribution in [2.24, 2.45) is 0 Å². The number of ether oxygens (including phenoxy) is 1. The Balaban J connectivity index is 2.26. The molecule has 0 unspecified atom stereocenters. The van der Waals surface area contributed by atoms with Crippen LogP contribution in [-0.4, -0.2) is 39.1 Å². The Kier molecular flexibility index (Phi) is 5.11. The Morgan fingerprint density at radius 3 is 2.81 bits per heavy atom. The largest absolute Gasteiger partial charge is 0.396 e. The van der Waals surface area contributed by atoms with Crippen LogP contribution in [-0.2, 0) is 4.74 Å². The average molecular weight is 292 g/mol. The van der Waals surface area contributed by atoms with E-state index in [-0.39, 0.29) is 18.8 Å². The second kappa shape index (κ2) is 7.04. The highest BCUT2D eigenvalue weighted by molar-refractivity contribution is 5.29. The summed E-state index contributed by atoms with van der Waals surface area (Å²) in [5, 5.41) is 17.7. The lowest BCUT2D eigenvalue weighted by Crippen LogP contribution is -2.33. The minimum atomic E-state index is -0.676. The van der Waals surface area contributed by atoms with Crippen molar-refractivity contribution in [1.82, 2.24) is 9.55 Å². The van der Waals surface area contributed by atoms with Crippen molar-refractivity contribution in [3.63, 3.8) is 0 Å². The van der Waals surface area contributed by atoms with Crippen molar-refractivity contribution < 1.29 is 14.9 Å². The molecule has 0 spiro atoms. The predicted octanol–water partition coefficient (Wildman–Crippen LogP) is -0.894. The number of aliphatic hydroxyl groups excluding tert-OH is 2. The maximum Gasteiger partial charge on any atom is 0.330 e. The van der Waals surface area contributed by atoms with Gasteiger partial charge in [-0.3, -0.25) is 14.3 Å². The van der Waals surface area contributed by atoms with Gasteiger partial charge in [-0.25, -0.2) is 4.79 Å². The van der Waals surface area contributed by atoms with E-state index in [1.807, 2.05) is 0 Å². The van der Waals surface area contributed by atoms with E-state index in [2.05, 4.69) is 16.8 Å². The lowest BCUT2D eigenvalue weighted by atomic mass is 10.3. The van der Waals surface area contributed by atoms with E-state index in [1.165, 1.54) is 10.8 Å². The molecule has 0 radical (unpaired) electrons. The molecule has 0 saturated carbocycles. The van der Waals surface area contributed by atoms with E-state index in [0.29, 0.717) is 12.8 Å². The van der Waals surface area contributed by atoms with Gasteiger partial charge in [0, 0.05) is 19.2 Å². The number of hydrogen-bond acceptors (Lipinski definition) is 5. The third kappa shape index (κ3) is 3.70. The number of aromatic nitrogens is 2. The minimum Gasteiger partial charge on any atom is -0.396 e. The van der Waals surface area contributed by atoms with Crippen LogP contribution in [0.15, 0.2) is 27.9 Å². The van der Waals surface area contributed by atoms with Gasteiger partial charge in [0.15, 0.2) is 6.23 Å². The highest BCUT2D eigenvalue weighted by atomic mass is 16.5. The fourth-order valence-corrected chi connectivity index (χ4v) is 1.84. The maximum absolute atomic E-state index is 11.8. The van der Waals surface area contributed by atoms with Gasteiger partial charge >= 0.3 is 5.69 Å². The first-order valence-corrected chi connectivity index (χ1v) is 6.55. The standard InChI is InChI=1S/C14H16N2O5/c17-7-3-1-2-4-10-8-16(14(20)15-13(10)19)12-6-5-11(9-18)21-12/h5-6,8,11-12,17-18H,1,3,7,9H2,(H,15,19,20)/t11-,12+/m0/s1. The van der Waals surface area contributed by atoms with E-state index in [9.17, 15) is 9.59 Å². The molecule has 0 amide bonds. The lowest BCUT2D eigenvalue weighted by Gasteiger charge is -2.14. The first-order chi connectivity index (χ1) is 10.2. The molecule has 0 aromatic carbocycles. The number of hydrogen-bond donors (Lipinski definition) is 3. The van der Waals surface area contributed by atoms with Gasteiger partial charge in [-0.2, -0.15) is 0 Å². The zero-order valence-corrected chi connectivity index (χ0v) is 11.3. The topological polar surface area (TPSA) is 105 Å². The highest BCUT2D eigenvalue weighted by Crippen LogP contribution is 2.18. The average Bonchev–Trinajstić information content (AvgIpc) is 2.94. The smallest absolute Gasteiger partial charge is 0.330 e. The van der Waals surface area contributed by atoms with Gasteiger partial charge in [0.2, 0.25) is 0 Å². The van der Waals surface area contributed by atoms with Crippen LogP contribution in [0.25, 0.3) is 0 Å². The first kappa shape index (κ1) is 15.3. The number of H-pyrrole nitrogens is 1. The Labute approximate surface area is 120 Å². The van der Waals surface area contributed by atoms with Gasteiger partial charge in [-0.05, 0) is 12.5 Å². The molecule has 21 heavy (non-hydrogen) atoms. The first-order valence-electron chi connectivity index (χ1n) is 6.55. The second-order valence-electron chi connectivity index (χ2n) is 4.47. The molecular weight excluding hydrogens is 276 g/mol. The minimum absolute atomic E-state index is 0.0355. The molecule has 1 aliphatic rings. The van der Waals surface area contributed by atoms with Crippen LogP contribution in [0, 0.1) is 11.8 Å². The third-order valence-corrected chi connectivity index (χ3v) is 2.91. The molecule has 3 N–H and O–H groups in total. The molecule has 112 valence electrons. The van der Waals surface area contributed by atoms with Crippen LogP contribution in [0.4, 0.5) is 0 Å². The summed E-state index contributed by atoms with van der Waals surface area (Å²) in [6.45, 7) is -0.146. The number of aliphatic hydroxyl groups is 2. The molecule has 1 aromatic rings. The van der Waals surface area contributed by atoms with Gasteiger partial charge in [-0.15, -0.1) is 0 Å². The summed E-state index contributed by atoms with van der Waals surface area (Å²) >= 11 is 0. The number of nitrogens with zero attached hydrogens (tertiary/aromatic N) is 1. The maximum atomic E-state index is 11.8. The Morgan fingerprint density at radius 1 is 1.33 bits per heavy atom. The SMILES string of the molecule is O=c1[nH]c(=O)n([C@H]2C=C[C@@H](CO)O2)cc1C#CCCCO. The molecule has 1 aromatic heterocycles. The van der Waals surface area contributed by atoms with E-state index in [4.69, 9.17) is 14.9 Å². The van der Waals surface area contributed by atoms with Gasteiger partial charge < -0.3 is 14.9 Å². The Hall–Kier alpha value is -2.14. The van der Waals surface area contributed by atoms with E-state index < -0.39 is 23.6 Å². The van der Waals surface area contributed by atoms with Crippen molar-refractivity contribution >= 4 is 0 Å². The molecule has 7 heteroatoms. The van der Waals surface area contributed by atoms with Crippen molar-refractivity contribution in [1.29, 1.82) is 0 Å². The fraction of sp³-hybridized carbons (Fsp3) is 0.429. The second-order valence-corrected chi connectivity index (χ2v) is 4.47. The molecule has 0 saturated heterocycles. The van der Waals surface area contributed by atoms with Crippen LogP contribution in [0.1, 0.15) is 24.6 Å². The predicted molar refractivity (Wildman–Crippen MR) is 74.7 cm³/mol. The molecule has 2 rings (SSSR count). The fourth-order valence-electron chi connectivity index (χ4n) is 1.84. The summed E-state index contributed by atoms with van der Waals surface area (Å²) in [6, 6.07) is 0. The summed E-state index contributed by atoms with van der Waals surface area (Å²) in [5.41, 5.74) is -1.01. The van der Waals surface area contributed by atoms with Gasteiger partial charge in [0.25, 0.3) is 5.56 Å². The molecule has 0 fully saturated rings. The van der Waals surface area contributed by atoms with Crippen LogP contribution in [0.3, 0.4) is 0 Å². The van der Waals surface area contributed by atoms with Crippen molar-refractivity contribution in [3.8, 4) is 11.8 Å². The molecule has 2 heterocycles. The zero-order chi connectivity index (χ0) is 15.2. The van der Waals surface area contributed by atoms with Crippen molar-refractivity contribution in [2.45, 2.75) is 25.2 Å². The summed E-state index contributed by atoms with van der Waals surface area (Å²) in [7, 11) is 0. The van der Waals surface area contributed by atoms with Gasteiger partial charge in [-0.1, -0.05) is 17.9 Å². The summed E-state index contributed by atoms with van der Waals surface area (Å²) in [6.07, 6.45) is 4.45. The molecule has 7 nitrogen and oxygen atoms in total. The highest BCUT2D eigenvalue weighted by Gasteiger charge is 2.21. The van der Waals surface area contributed by atoms with Crippen LogP contribution >= 0.6 is 0 Å². The summed E-state index contributed by atoms with van der Waals surface area (Å²) < 4.78 is 6.63. The third-order valence-electron chi connectivity index (χ3n) is 2.91. The van der Waals surface area contributed by atoms with Crippen molar-refractivity contribution in [2.75, 3.05) is 13.2 Å². The Morgan fingerprint density at radius 2 is 2.14 bits per heavy atom. The van der Waals surface area contributed by atoms with Crippen LogP contribution in [0.5, 0.6) is 0 Å². The van der Waals surface area contributed by atoms with Crippen LogP contribution < -0.4 is 11.2 Å². The lowest BCUT2D eigenvalue weighted by molar-refractivity contribution is -0.0103. The number of unbranched alkanes of at least 4 members (excludes halogenated alkanes) is 1. The molecule has 0 aliphatic carbocycles. The molecule has 2 atom stereocenters. The Bertz CT molecular complexity index is 692. The van der Waals surface area contributed by atoms with Crippen LogP contribution in [0.2, 0.25) is 0 Å². The van der Waals surface area contributed by atoms with E-state index in [0.717, 1.165) is 0 Å². The van der Waals surface area contributed by atoms with E-state index in [1.54, 1.807) is 12.2 Å². The summed E-state index contributed by atoms with van der Waals surface area (Å²) in [4.78, 5) is 25.7.